The monoisotopic (exact) mass is 397 g/mol. The van der Waals surface area contributed by atoms with Gasteiger partial charge in [-0.25, -0.2) is 14.0 Å². The lowest BCUT2D eigenvalue weighted by Crippen LogP contribution is -2.24. The molecule has 1 aliphatic rings. The summed E-state index contributed by atoms with van der Waals surface area (Å²) in [4.78, 5) is 13.1. The van der Waals surface area contributed by atoms with Gasteiger partial charge in [0.15, 0.2) is 0 Å². The lowest BCUT2D eigenvalue weighted by Gasteiger charge is -2.07. The lowest BCUT2D eigenvalue weighted by atomic mass is 10.2. The quantitative estimate of drug-likeness (QED) is 0.460. The van der Waals surface area contributed by atoms with Crippen LogP contribution in [0.4, 0.5) is 0 Å². The fourth-order valence-corrected chi connectivity index (χ4v) is 3.56. The van der Waals surface area contributed by atoms with Crippen LogP contribution in [0.2, 0.25) is 0 Å². The number of nitrogens with zero attached hydrogens (tertiary/aromatic N) is 3. The SMILES string of the molecule is O=c1n(Cc2ccc(OCc3ccccc3)cc2)nc(C2CC2)n1-c1ccccc1. The second kappa shape index (κ2) is 8.03. The second-order valence-corrected chi connectivity index (χ2v) is 7.66. The predicted molar refractivity (Wildman–Crippen MR) is 116 cm³/mol. The summed E-state index contributed by atoms with van der Waals surface area (Å²) in [5.41, 5.74) is 2.93. The summed E-state index contributed by atoms with van der Waals surface area (Å²) in [5, 5.41) is 4.68. The van der Waals surface area contributed by atoms with Crippen molar-refractivity contribution in [2.45, 2.75) is 31.9 Å². The molecule has 1 aliphatic carbocycles. The molecule has 0 spiro atoms. The molecule has 1 aromatic heterocycles. The van der Waals surface area contributed by atoms with Crippen LogP contribution in [0, 0.1) is 0 Å². The van der Waals surface area contributed by atoms with Crippen molar-refractivity contribution in [3.05, 3.63) is 112 Å². The summed E-state index contributed by atoms with van der Waals surface area (Å²) in [5.74, 6) is 2.06. The highest BCUT2D eigenvalue weighted by Gasteiger charge is 2.31. The van der Waals surface area contributed by atoms with Gasteiger partial charge in [-0.05, 0) is 48.2 Å². The second-order valence-electron chi connectivity index (χ2n) is 7.66. The van der Waals surface area contributed by atoms with E-state index < -0.39 is 0 Å². The van der Waals surface area contributed by atoms with Crippen LogP contribution in [0.1, 0.15) is 35.7 Å². The van der Waals surface area contributed by atoms with Crippen LogP contribution in [0.15, 0.2) is 89.7 Å². The van der Waals surface area contributed by atoms with Gasteiger partial charge in [0.1, 0.15) is 18.2 Å². The van der Waals surface area contributed by atoms with Crippen molar-refractivity contribution in [1.29, 1.82) is 0 Å². The number of hydrogen-bond acceptors (Lipinski definition) is 3. The smallest absolute Gasteiger partial charge is 0.350 e. The fourth-order valence-electron chi connectivity index (χ4n) is 3.56. The van der Waals surface area contributed by atoms with Crippen molar-refractivity contribution in [1.82, 2.24) is 14.3 Å². The molecular formula is C25H23N3O2. The van der Waals surface area contributed by atoms with Crippen LogP contribution in [-0.2, 0) is 13.2 Å². The Kier molecular flexibility index (Phi) is 4.93. The van der Waals surface area contributed by atoms with Gasteiger partial charge in [-0.2, -0.15) is 5.10 Å². The first-order valence-corrected chi connectivity index (χ1v) is 10.3. The van der Waals surface area contributed by atoms with E-state index in [0.717, 1.165) is 41.2 Å². The summed E-state index contributed by atoms with van der Waals surface area (Å²) in [6.07, 6.45) is 2.19. The average molecular weight is 397 g/mol. The van der Waals surface area contributed by atoms with E-state index in [4.69, 9.17) is 4.74 Å². The Bertz CT molecular complexity index is 1170. The first kappa shape index (κ1) is 18.4. The highest BCUT2D eigenvalue weighted by Crippen LogP contribution is 2.39. The van der Waals surface area contributed by atoms with Crippen LogP contribution < -0.4 is 10.4 Å². The topological polar surface area (TPSA) is 49.1 Å². The molecule has 5 heteroatoms. The minimum Gasteiger partial charge on any atom is -0.489 e. The van der Waals surface area contributed by atoms with E-state index in [0.29, 0.717) is 19.1 Å². The van der Waals surface area contributed by atoms with Gasteiger partial charge in [-0.3, -0.25) is 0 Å². The molecule has 0 radical (unpaired) electrons. The zero-order chi connectivity index (χ0) is 20.3. The largest absolute Gasteiger partial charge is 0.489 e. The molecule has 0 unspecified atom stereocenters. The summed E-state index contributed by atoms with van der Waals surface area (Å²) < 4.78 is 9.18. The molecule has 30 heavy (non-hydrogen) atoms. The molecule has 1 fully saturated rings. The maximum absolute atomic E-state index is 13.1. The fraction of sp³-hybridized carbons (Fsp3) is 0.200. The first-order chi connectivity index (χ1) is 14.8. The third kappa shape index (κ3) is 3.92. The molecule has 5 nitrogen and oxygen atoms in total. The highest BCUT2D eigenvalue weighted by atomic mass is 16.5. The van der Waals surface area contributed by atoms with Crippen LogP contribution in [0.5, 0.6) is 5.75 Å². The van der Waals surface area contributed by atoms with Crippen LogP contribution >= 0.6 is 0 Å². The van der Waals surface area contributed by atoms with Gasteiger partial charge in [0.25, 0.3) is 0 Å². The molecule has 3 aromatic carbocycles. The summed E-state index contributed by atoms with van der Waals surface area (Å²) in [6, 6.07) is 27.7. The van der Waals surface area contributed by atoms with Gasteiger partial charge in [0.2, 0.25) is 0 Å². The number of hydrogen-bond donors (Lipinski definition) is 0. The Hall–Kier alpha value is -3.60. The number of rotatable bonds is 7. The first-order valence-electron chi connectivity index (χ1n) is 10.3. The van der Waals surface area contributed by atoms with Crippen molar-refractivity contribution >= 4 is 0 Å². The molecule has 1 heterocycles. The molecule has 150 valence electrons. The third-order valence-corrected chi connectivity index (χ3v) is 5.33. The molecule has 1 saturated carbocycles. The minimum atomic E-state index is -0.0903. The molecule has 0 bridgehead atoms. The number of benzene rings is 3. The Morgan fingerprint density at radius 1 is 0.833 bits per heavy atom. The normalized spacial score (nSPS) is 13.3. The molecule has 5 rings (SSSR count). The standard InChI is InChI=1S/C25H23N3O2/c29-25-27(26-24(21-13-14-21)28(25)22-9-5-2-6-10-22)17-19-11-15-23(16-12-19)30-18-20-7-3-1-4-8-20/h1-12,15-16,21H,13-14,17-18H2. The van der Waals surface area contributed by atoms with Gasteiger partial charge in [-0.15, -0.1) is 0 Å². The molecular weight excluding hydrogens is 374 g/mol. The predicted octanol–water partition coefficient (Wildman–Crippen LogP) is 4.54. The third-order valence-electron chi connectivity index (χ3n) is 5.33. The summed E-state index contributed by atoms with van der Waals surface area (Å²) >= 11 is 0. The maximum Gasteiger partial charge on any atom is 0.350 e. The van der Waals surface area contributed by atoms with Crippen molar-refractivity contribution < 1.29 is 4.74 Å². The van der Waals surface area contributed by atoms with Gasteiger partial charge in [0, 0.05) is 5.92 Å². The number of para-hydroxylation sites is 1. The molecule has 0 atom stereocenters. The Morgan fingerprint density at radius 2 is 1.50 bits per heavy atom. The Morgan fingerprint density at radius 3 is 2.17 bits per heavy atom. The molecule has 4 aromatic rings. The lowest BCUT2D eigenvalue weighted by molar-refractivity contribution is 0.306. The molecule has 0 N–H and O–H groups in total. The Balaban J connectivity index is 1.34. The zero-order valence-electron chi connectivity index (χ0n) is 16.6. The van der Waals surface area contributed by atoms with Gasteiger partial charge >= 0.3 is 5.69 Å². The van der Waals surface area contributed by atoms with Crippen molar-refractivity contribution in [2.24, 2.45) is 0 Å². The molecule has 0 saturated heterocycles. The van der Waals surface area contributed by atoms with Crippen molar-refractivity contribution in [3.63, 3.8) is 0 Å². The van der Waals surface area contributed by atoms with E-state index in [1.807, 2.05) is 84.9 Å². The molecule has 0 aliphatic heterocycles. The molecule has 0 amide bonds. The highest BCUT2D eigenvalue weighted by molar-refractivity contribution is 5.34. The van der Waals surface area contributed by atoms with Crippen molar-refractivity contribution in [3.8, 4) is 11.4 Å². The van der Waals surface area contributed by atoms with Crippen LogP contribution in [-0.4, -0.2) is 14.3 Å². The van der Waals surface area contributed by atoms with E-state index in [9.17, 15) is 4.79 Å². The van der Waals surface area contributed by atoms with Gasteiger partial charge in [-0.1, -0.05) is 60.7 Å². The summed E-state index contributed by atoms with van der Waals surface area (Å²) in [7, 11) is 0. The Labute approximate surface area is 175 Å². The minimum absolute atomic E-state index is 0.0903. The maximum atomic E-state index is 13.1. The van der Waals surface area contributed by atoms with E-state index >= 15 is 0 Å². The van der Waals surface area contributed by atoms with E-state index in [-0.39, 0.29) is 5.69 Å². The van der Waals surface area contributed by atoms with Crippen LogP contribution in [0.25, 0.3) is 5.69 Å². The van der Waals surface area contributed by atoms with Crippen molar-refractivity contribution in [2.75, 3.05) is 0 Å². The number of aromatic nitrogens is 3. The van der Waals surface area contributed by atoms with E-state index in [1.54, 1.807) is 9.25 Å². The van der Waals surface area contributed by atoms with Gasteiger partial charge in [0.05, 0.1) is 12.2 Å². The van der Waals surface area contributed by atoms with Crippen LogP contribution in [0.3, 0.4) is 0 Å². The number of ether oxygens (including phenoxy) is 1. The zero-order valence-corrected chi connectivity index (χ0v) is 16.6. The summed E-state index contributed by atoms with van der Waals surface area (Å²) in [6.45, 7) is 0.975. The van der Waals surface area contributed by atoms with E-state index in [1.165, 1.54) is 0 Å². The van der Waals surface area contributed by atoms with Gasteiger partial charge < -0.3 is 4.74 Å². The average Bonchev–Trinajstić information content (AvgIpc) is 3.59. The van der Waals surface area contributed by atoms with E-state index in [2.05, 4.69) is 5.10 Å².